The molecule has 0 radical (unpaired) electrons. The van der Waals surface area contributed by atoms with Crippen LogP contribution in [0.2, 0.25) is 0 Å². The fourth-order valence-electron chi connectivity index (χ4n) is 4.45. The van der Waals surface area contributed by atoms with Gasteiger partial charge in [-0.1, -0.05) is 6.07 Å². The zero-order valence-electron chi connectivity index (χ0n) is 21.9. The number of rotatable bonds is 5. The Morgan fingerprint density at radius 3 is 2.05 bits per heavy atom. The van der Waals surface area contributed by atoms with Gasteiger partial charge in [0, 0.05) is 12.1 Å². The summed E-state index contributed by atoms with van der Waals surface area (Å²) in [6, 6.07) is 3.23. The number of anilines is 1. The summed E-state index contributed by atoms with van der Waals surface area (Å²) in [5, 5.41) is 1.32. The van der Waals surface area contributed by atoms with Crippen molar-refractivity contribution in [3.63, 3.8) is 0 Å². The number of hydrogen-bond donors (Lipinski definition) is 0. The molecule has 0 spiro atoms. The van der Waals surface area contributed by atoms with Gasteiger partial charge in [-0.25, -0.2) is 14.7 Å². The first-order valence-corrected chi connectivity index (χ1v) is 11.9. The number of carbonyl (C=O) groups is 2. The molecule has 0 aliphatic carbocycles. The van der Waals surface area contributed by atoms with Crippen molar-refractivity contribution in [1.82, 2.24) is 4.90 Å². The number of carbonyl (C=O) groups excluding carboxylic acids is 2. The Kier molecular flexibility index (Phi) is 8.61. The quantitative estimate of drug-likeness (QED) is 0.281. The van der Waals surface area contributed by atoms with Crippen molar-refractivity contribution in [1.29, 1.82) is 0 Å². The number of aryl methyl sites for hydroxylation is 2. The Morgan fingerprint density at radius 2 is 1.54 bits per heavy atom. The first-order chi connectivity index (χ1) is 18.1. The number of fused-ring (bicyclic) bond motifs is 1. The molecule has 13 heteroatoms. The molecule has 2 aromatic carbocycles. The summed E-state index contributed by atoms with van der Waals surface area (Å²) in [7, 11) is 1.06. The van der Waals surface area contributed by atoms with E-state index in [4.69, 9.17) is 14.3 Å². The van der Waals surface area contributed by atoms with Crippen molar-refractivity contribution >= 4 is 17.9 Å². The Hall–Kier alpha value is -3.64. The van der Waals surface area contributed by atoms with Crippen molar-refractivity contribution in [2.24, 2.45) is 0 Å². The van der Waals surface area contributed by atoms with Crippen LogP contribution < -0.4 is 5.06 Å². The second-order valence-electron chi connectivity index (χ2n) is 9.21. The van der Waals surface area contributed by atoms with Gasteiger partial charge in [-0.15, -0.1) is 0 Å². The van der Waals surface area contributed by atoms with Gasteiger partial charge in [0.1, 0.15) is 0 Å². The summed E-state index contributed by atoms with van der Waals surface area (Å²) in [5.41, 5.74) is -0.891. The molecular weight excluding hydrogens is 534 g/mol. The van der Waals surface area contributed by atoms with Crippen LogP contribution in [-0.4, -0.2) is 36.9 Å². The fraction of sp³-hybridized carbons (Fsp3) is 0.462. The molecule has 1 aliphatic heterocycles. The fourth-order valence-corrected chi connectivity index (χ4v) is 4.45. The van der Waals surface area contributed by atoms with Gasteiger partial charge in [0.15, 0.2) is 0 Å². The maximum atomic E-state index is 13.5. The number of alkyl halides is 6. The van der Waals surface area contributed by atoms with E-state index in [1.165, 1.54) is 5.06 Å². The second-order valence-corrected chi connectivity index (χ2v) is 9.21. The zero-order chi connectivity index (χ0) is 29.3. The van der Waals surface area contributed by atoms with Gasteiger partial charge in [0.25, 0.3) is 0 Å². The van der Waals surface area contributed by atoms with Crippen molar-refractivity contribution in [2.75, 3.05) is 18.8 Å². The molecule has 0 N–H and O–H groups in total. The number of amides is 1. The number of nitrogens with zero attached hydrogens (tertiary/aromatic N) is 2. The molecule has 214 valence electrons. The highest BCUT2D eigenvalue weighted by molar-refractivity contribution is 5.71. The predicted octanol–water partition coefficient (Wildman–Crippen LogP) is 7.34. The van der Waals surface area contributed by atoms with Crippen molar-refractivity contribution in [3.05, 3.63) is 63.7 Å². The summed E-state index contributed by atoms with van der Waals surface area (Å²) < 4.78 is 90.5. The van der Waals surface area contributed by atoms with Crippen LogP contribution in [0.15, 0.2) is 30.3 Å². The molecule has 0 bridgehead atoms. The van der Waals surface area contributed by atoms with Crippen LogP contribution in [0.25, 0.3) is 0 Å². The van der Waals surface area contributed by atoms with Gasteiger partial charge in [-0.2, -0.15) is 26.3 Å². The number of halogens is 6. The molecule has 2 aromatic rings. The zero-order valence-corrected chi connectivity index (χ0v) is 21.9. The Bertz CT molecular complexity index is 1200. The van der Waals surface area contributed by atoms with Gasteiger partial charge in [-0.3, -0.25) is 4.90 Å². The summed E-state index contributed by atoms with van der Waals surface area (Å²) in [4.78, 5) is 31.5. The van der Waals surface area contributed by atoms with Gasteiger partial charge in [-0.05, 0) is 75.1 Å². The number of hydroxylamine groups is 1. The summed E-state index contributed by atoms with van der Waals surface area (Å²) in [6.07, 6.45) is -11.9. The minimum Gasteiger partial charge on any atom is -0.453 e. The van der Waals surface area contributed by atoms with Crippen LogP contribution in [0.1, 0.15) is 59.7 Å². The predicted molar refractivity (Wildman–Crippen MR) is 128 cm³/mol. The third kappa shape index (κ3) is 6.69. The molecule has 1 amide bonds. The molecular formula is C26H28F6N2O5. The Morgan fingerprint density at radius 1 is 0.974 bits per heavy atom. The summed E-state index contributed by atoms with van der Waals surface area (Å²) >= 11 is 0. The standard InChI is InChI=1S/C26H28F6N2O5/c1-6-38-24(36)39-34-16(4)9-21(20-7-14(2)15(3)8-22(20)34)33(23(35)37-5)13-17-10-18(25(27,28)29)12-19(11-17)26(30,31)32/h7-8,10-12,16,21H,6,9,13H2,1-5H3/t16-,21+/m1/s1. The van der Waals surface area contributed by atoms with Crippen LogP contribution in [0, 0.1) is 13.8 Å². The largest absolute Gasteiger partial charge is 0.533 e. The second kappa shape index (κ2) is 11.2. The van der Waals surface area contributed by atoms with E-state index in [1.54, 1.807) is 32.9 Å². The van der Waals surface area contributed by atoms with E-state index < -0.39 is 54.4 Å². The molecule has 0 aromatic heterocycles. The average molecular weight is 563 g/mol. The lowest BCUT2D eigenvalue weighted by molar-refractivity contribution is -0.143. The maximum absolute atomic E-state index is 13.5. The van der Waals surface area contributed by atoms with Gasteiger partial charge in [0.2, 0.25) is 0 Å². The Labute approximate surface area is 221 Å². The molecule has 0 saturated carbocycles. The number of hydrogen-bond acceptors (Lipinski definition) is 6. The molecule has 0 saturated heterocycles. The van der Waals surface area contributed by atoms with Crippen LogP contribution in [0.3, 0.4) is 0 Å². The highest BCUT2D eigenvalue weighted by Crippen LogP contribution is 2.43. The first kappa shape index (κ1) is 29.9. The maximum Gasteiger partial charge on any atom is 0.533 e. The molecule has 0 fully saturated rings. The molecule has 0 unspecified atom stereocenters. The van der Waals surface area contributed by atoms with Crippen LogP contribution in [0.4, 0.5) is 41.6 Å². The van der Waals surface area contributed by atoms with E-state index in [0.29, 0.717) is 23.4 Å². The minimum atomic E-state index is -5.04. The molecule has 2 atom stereocenters. The third-order valence-corrected chi connectivity index (χ3v) is 6.42. The van der Waals surface area contributed by atoms with Gasteiger partial charge >= 0.3 is 24.6 Å². The van der Waals surface area contributed by atoms with Crippen LogP contribution >= 0.6 is 0 Å². The van der Waals surface area contributed by atoms with Crippen molar-refractivity contribution < 1.29 is 50.2 Å². The molecule has 7 nitrogen and oxygen atoms in total. The lowest BCUT2D eigenvalue weighted by Crippen LogP contribution is -2.46. The topological polar surface area (TPSA) is 68.3 Å². The number of ether oxygens (including phenoxy) is 2. The van der Waals surface area contributed by atoms with E-state index in [9.17, 15) is 35.9 Å². The van der Waals surface area contributed by atoms with E-state index >= 15 is 0 Å². The molecule has 3 rings (SSSR count). The number of benzene rings is 2. The highest BCUT2D eigenvalue weighted by atomic mass is 19.4. The average Bonchev–Trinajstić information content (AvgIpc) is 2.84. The third-order valence-electron chi connectivity index (χ3n) is 6.42. The summed E-state index contributed by atoms with van der Waals surface area (Å²) in [5.74, 6) is 0. The molecule has 39 heavy (non-hydrogen) atoms. The first-order valence-electron chi connectivity index (χ1n) is 11.9. The van der Waals surface area contributed by atoms with E-state index in [2.05, 4.69) is 0 Å². The Balaban J connectivity index is 2.12. The monoisotopic (exact) mass is 562 g/mol. The number of methoxy groups -OCH3 is 1. The highest BCUT2D eigenvalue weighted by Gasteiger charge is 2.40. The van der Waals surface area contributed by atoms with E-state index in [1.807, 2.05) is 6.92 Å². The smallest absolute Gasteiger partial charge is 0.453 e. The molecule has 1 heterocycles. The minimum absolute atomic E-state index is 0.0285. The van der Waals surface area contributed by atoms with Crippen LogP contribution in [0.5, 0.6) is 0 Å². The van der Waals surface area contributed by atoms with E-state index in [-0.39, 0.29) is 24.7 Å². The summed E-state index contributed by atoms with van der Waals surface area (Å²) in [6.45, 7) is 6.35. The van der Waals surface area contributed by atoms with E-state index in [0.717, 1.165) is 23.1 Å². The lowest BCUT2D eigenvalue weighted by Gasteiger charge is -2.42. The SMILES string of the molecule is CCOC(=O)ON1c2cc(C)c(C)cc2[C@@H](N(Cc2cc(C(F)(F)F)cc(C(F)(F)F)c2)C(=O)OC)C[C@H]1C. The van der Waals surface area contributed by atoms with Gasteiger partial charge < -0.3 is 14.3 Å². The normalized spacial score (nSPS) is 17.4. The van der Waals surface area contributed by atoms with Crippen molar-refractivity contribution in [3.8, 4) is 0 Å². The lowest BCUT2D eigenvalue weighted by atomic mass is 9.89. The van der Waals surface area contributed by atoms with Gasteiger partial charge in [0.05, 0.1) is 42.6 Å². The molecule has 1 aliphatic rings. The van der Waals surface area contributed by atoms with Crippen LogP contribution in [-0.2, 0) is 33.2 Å². The van der Waals surface area contributed by atoms with Crippen molar-refractivity contribution in [2.45, 2.75) is 65.1 Å².